The van der Waals surface area contributed by atoms with Gasteiger partial charge in [-0.25, -0.2) is 0 Å². The number of benzene rings is 1. The van der Waals surface area contributed by atoms with Gasteiger partial charge in [-0.3, -0.25) is 14.6 Å². The summed E-state index contributed by atoms with van der Waals surface area (Å²) >= 11 is 1.75. The largest absolute Gasteiger partial charge is 0.325 e. The van der Waals surface area contributed by atoms with Crippen molar-refractivity contribution in [3.05, 3.63) is 52.2 Å². The van der Waals surface area contributed by atoms with Gasteiger partial charge in [0.2, 0.25) is 5.91 Å². The highest BCUT2D eigenvalue weighted by Crippen LogP contribution is 2.14. The second kappa shape index (κ2) is 7.92. The first-order valence-electron chi connectivity index (χ1n) is 8.47. The SMILES string of the molecule is Cc1ccc(NC(=O)C(C)N2CCN(Cc3ccsc3)CC2)cc1. The average molecular weight is 343 g/mol. The lowest BCUT2D eigenvalue weighted by Gasteiger charge is -2.37. The van der Waals surface area contributed by atoms with Crippen LogP contribution in [0.25, 0.3) is 0 Å². The number of rotatable bonds is 5. The number of thiophene rings is 1. The Morgan fingerprint density at radius 2 is 1.88 bits per heavy atom. The van der Waals surface area contributed by atoms with Crippen molar-refractivity contribution in [2.45, 2.75) is 26.4 Å². The number of nitrogens with one attached hydrogen (secondary N) is 1. The summed E-state index contributed by atoms with van der Waals surface area (Å²) in [7, 11) is 0. The van der Waals surface area contributed by atoms with Crippen LogP contribution in [0.2, 0.25) is 0 Å². The molecule has 0 saturated carbocycles. The molecule has 1 aromatic carbocycles. The first-order chi connectivity index (χ1) is 11.6. The molecular weight excluding hydrogens is 318 g/mol. The van der Waals surface area contributed by atoms with Crippen molar-refractivity contribution < 1.29 is 4.79 Å². The van der Waals surface area contributed by atoms with E-state index in [1.54, 1.807) is 11.3 Å². The van der Waals surface area contributed by atoms with Gasteiger partial charge in [0.25, 0.3) is 0 Å². The summed E-state index contributed by atoms with van der Waals surface area (Å²) in [5.74, 6) is 0.0742. The summed E-state index contributed by atoms with van der Waals surface area (Å²) in [5.41, 5.74) is 3.45. The van der Waals surface area contributed by atoms with Gasteiger partial charge in [-0.15, -0.1) is 0 Å². The van der Waals surface area contributed by atoms with E-state index in [1.165, 1.54) is 11.1 Å². The third-order valence-corrected chi connectivity index (χ3v) is 5.37. The van der Waals surface area contributed by atoms with Gasteiger partial charge in [-0.2, -0.15) is 11.3 Å². The maximum Gasteiger partial charge on any atom is 0.241 e. The summed E-state index contributed by atoms with van der Waals surface area (Å²) in [5, 5.41) is 7.36. The van der Waals surface area contributed by atoms with E-state index in [1.807, 2.05) is 38.1 Å². The van der Waals surface area contributed by atoms with E-state index in [0.717, 1.165) is 38.4 Å². The highest BCUT2D eigenvalue weighted by atomic mass is 32.1. The number of carbonyl (C=O) groups is 1. The molecule has 4 nitrogen and oxygen atoms in total. The number of aryl methyl sites for hydroxylation is 1. The predicted molar refractivity (Wildman–Crippen MR) is 100 cm³/mol. The zero-order valence-corrected chi connectivity index (χ0v) is 15.2. The molecule has 3 rings (SSSR count). The van der Waals surface area contributed by atoms with Crippen molar-refractivity contribution in [2.75, 3.05) is 31.5 Å². The summed E-state index contributed by atoms with van der Waals surface area (Å²) in [6.45, 7) is 8.96. The monoisotopic (exact) mass is 343 g/mol. The minimum Gasteiger partial charge on any atom is -0.325 e. The van der Waals surface area contributed by atoms with Crippen molar-refractivity contribution in [1.29, 1.82) is 0 Å². The number of carbonyl (C=O) groups excluding carboxylic acids is 1. The minimum atomic E-state index is -0.102. The topological polar surface area (TPSA) is 35.6 Å². The molecule has 24 heavy (non-hydrogen) atoms. The van der Waals surface area contributed by atoms with Crippen molar-refractivity contribution in [3.8, 4) is 0 Å². The zero-order valence-electron chi connectivity index (χ0n) is 14.4. The molecule has 2 aromatic rings. The molecule has 0 radical (unpaired) electrons. The molecule has 1 saturated heterocycles. The fraction of sp³-hybridized carbons (Fsp3) is 0.421. The highest BCUT2D eigenvalue weighted by molar-refractivity contribution is 7.07. The highest BCUT2D eigenvalue weighted by Gasteiger charge is 2.25. The van der Waals surface area contributed by atoms with Crippen molar-refractivity contribution in [1.82, 2.24) is 9.80 Å². The fourth-order valence-electron chi connectivity index (χ4n) is 3.00. The lowest BCUT2D eigenvalue weighted by atomic mass is 10.2. The molecule has 1 atom stereocenters. The quantitative estimate of drug-likeness (QED) is 0.905. The first kappa shape index (κ1) is 17.1. The van der Waals surface area contributed by atoms with Crippen LogP contribution in [0.4, 0.5) is 5.69 Å². The molecule has 0 bridgehead atoms. The van der Waals surface area contributed by atoms with Crippen molar-refractivity contribution in [3.63, 3.8) is 0 Å². The zero-order chi connectivity index (χ0) is 16.9. The third kappa shape index (κ3) is 4.44. The molecule has 0 aliphatic carbocycles. The number of nitrogens with zero attached hydrogens (tertiary/aromatic N) is 2. The molecule has 1 N–H and O–H groups in total. The van der Waals surface area contributed by atoms with Crippen LogP contribution in [0.1, 0.15) is 18.1 Å². The first-order valence-corrected chi connectivity index (χ1v) is 9.41. The number of amides is 1. The maximum atomic E-state index is 12.5. The molecule has 1 aromatic heterocycles. The molecule has 0 spiro atoms. The second-order valence-electron chi connectivity index (χ2n) is 6.47. The minimum absolute atomic E-state index is 0.0742. The van der Waals surface area contributed by atoms with Crippen LogP contribution in [-0.4, -0.2) is 47.9 Å². The van der Waals surface area contributed by atoms with Crippen LogP contribution in [0.15, 0.2) is 41.1 Å². The smallest absolute Gasteiger partial charge is 0.241 e. The Hall–Kier alpha value is -1.69. The molecule has 1 amide bonds. The Balaban J connectivity index is 1.48. The van der Waals surface area contributed by atoms with E-state index in [2.05, 4.69) is 31.9 Å². The van der Waals surface area contributed by atoms with E-state index >= 15 is 0 Å². The van der Waals surface area contributed by atoms with Gasteiger partial charge in [0, 0.05) is 38.4 Å². The summed E-state index contributed by atoms with van der Waals surface area (Å²) in [6.07, 6.45) is 0. The fourth-order valence-corrected chi connectivity index (χ4v) is 3.66. The normalized spacial score (nSPS) is 17.6. The average Bonchev–Trinajstić information content (AvgIpc) is 3.10. The molecule has 1 aliphatic rings. The van der Waals surface area contributed by atoms with Crippen LogP contribution >= 0.6 is 11.3 Å². The van der Waals surface area contributed by atoms with Gasteiger partial charge in [0.05, 0.1) is 6.04 Å². The molecule has 1 aliphatic heterocycles. The number of anilines is 1. The predicted octanol–water partition coefficient (Wildman–Crippen LogP) is 3.20. The van der Waals surface area contributed by atoms with Crippen molar-refractivity contribution in [2.24, 2.45) is 0 Å². The second-order valence-corrected chi connectivity index (χ2v) is 7.25. The number of hydrogen-bond acceptors (Lipinski definition) is 4. The Morgan fingerprint density at radius 1 is 1.17 bits per heavy atom. The van der Waals surface area contributed by atoms with Crippen LogP contribution in [0, 0.1) is 6.92 Å². The molecule has 2 heterocycles. The van der Waals surface area contributed by atoms with Gasteiger partial charge < -0.3 is 5.32 Å². The third-order valence-electron chi connectivity index (χ3n) is 4.64. The summed E-state index contributed by atoms with van der Waals surface area (Å²) in [4.78, 5) is 17.2. The Labute approximate surface area is 148 Å². The molecule has 5 heteroatoms. The van der Waals surface area contributed by atoms with Crippen LogP contribution in [-0.2, 0) is 11.3 Å². The molecule has 128 valence electrons. The summed E-state index contributed by atoms with van der Waals surface area (Å²) < 4.78 is 0. The van der Waals surface area contributed by atoms with Crippen LogP contribution < -0.4 is 5.32 Å². The lowest BCUT2D eigenvalue weighted by Crippen LogP contribution is -2.52. The van der Waals surface area contributed by atoms with Gasteiger partial charge in [0.1, 0.15) is 0 Å². The van der Waals surface area contributed by atoms with Gasteiger partial charge >= 0.3 is 0 Å². The van der Waals surface area contributed by atoms with Crippen LogP contribution in [0.5, 0.6) is 0 Å². The Morgan fingerprint density at radius 3 is 2.50 bits per heavy atom. The lowest BCUT2D eigenvalue weighted by molar-refractivity contribution is -0.121. The van der Waals surface area contributed by atoms with Crippen molar-refractivity contribution >= 4 is 22.9 Å². The molecule has 1 unspecified atom stereocenters. The van der Waals surface area contributed by atoms with Crippen LogP contribution in [0.3, 0.4) is 0 Å². The van der Waals surface area contributed by atoms with E-state index in [9.17, 15) is 4.79 Å². The number of hydrogen-bond donors (Lipinski definition) is 1. The standard InChI is InChI=1S/C19H25N3OS/c1-15-3-5-18(6-4-15)20-19(23)16(2)22-10-8-21(9-11-22)13-17-7-12-24-14-17/h3-7,12,14,16H,8-11,13H2,1-2H3,(H,20,23). The summed E-state index contributed by atoms with van der Waals surface area (Å²) in [6, 6.07) is 10.0. The Kier molecular flexibility index (Phi) is 5.66. The van der Waals surface area contributed by atoms with E-state index < -0.39 is 0 Å². The number of piperazine rings is 1. The molecular formula is C19H25N3OS. The van der Waals surface area contributed by atoms with Gasteiger partial charge in [-0.05, 0) is 48.4 Å². The van der Waals surface area contributed by atoms with E-state index in [0.29, 0.717) is 0 Å². The molecule has 1 fully saturated rings. The van der Waals surface area contributed by atoms with E-state index in [-0.39, 0.29) is 11.9 Å². The van der Waals surface area contributed by atoms with Gasteiger partial charge in [-0.1, -0.05) is 17.7 Å². The van der Waals surface area contributed by atoms with Gasteiger partial charge in [0.15, 0.2) is 0 Å². The Bertz CT molecular complexity index is 646. The maximum absolute atomic E-state index is 12.5. The van der Waals surface area contributed by atoms with E-state index in [4.69, 9.17) is 0 Å².